The van der Waals surface area contributed by atoms with Crippen molar-refractivity contribution in [1.29, 1.82) is 0 Å². The van der Waals surface area contributed by atoms with Crippen molar-refractivity contribution in [2.45, 2.75) is 90.1 Å². The summed E-state index contributed by atoms with van der Waals surface area (Å²) in [5.41, 5.74) is -0.327. The Morgan fingerprint density at radius 2 is 1.86 bits per heavy atom. The molecular weight excluding hydrogens is 404 g/mol. The maximum absolute atomic E-state index is 13.5. The van der Waals surface area contributed by atoms with Crippen LogP contribution in [-0.4, -0.2) is 41.0 Å². The van der Waals surface area contributed by atoms with Crippen LogP contribution < -0.4 is 0 Å². The highest BCUT2D eigenvalue weighted by molar-refractivity contribution is 8.23. The molecule has 3 aliphatic carbocycles. The summed E-state index contributed by atoms with van der Waals surface area (Å²) in [5.74, 6) is -0.0655. The van der Waals surface area contributed by atoms with Crippen molar-refractivity contribution < 1.29 is 19.0 Å². The average molecular weight is 441 g/mol. The van der Waals surface area contributed by atoms with Crippen molar-refractivity contribution in [3.05, 3.63) is 0 Å². The SMILES string of the molecule is CCOC(=S)SC1CCCC(=O)C23CCCC1(C)C2C1(CC3)OCC(C)(C)CO1. The number of carbonyl (C=O) groups excluding carboxylic acids is 1. The van der Waals surface area contributed by atoms with E-state index in [9.17, 15) is 4.79 Å². The minimum absolute atomic E-state index is 0.0212. The van der Waals surface area contributed by atoms with Gasteiger partial charge in [-0.05, 0) is 56.7 Å². The summed E-state index contributed by atoms with van der Waals surface area (Å²) in [5, 5.41) is 0.330. The molecule has 1 aliphatic heterocycles. The van der Waals surface area contributed by atoms with E-state index in [-0.39, 0.29) is 22.2 Å². The van der Waals surface area contributed by atoms with Gasteiger partial charge in [-0.25, -0.2) is 0 Å². The van der Waals surface area contributed by atoms with E-state index < -0.39 is 5.79 Å². The zero-order chi connectivity index (χ0) is 20.9. The maximum atomic E-state index is 13.5. The number of thiocarbonyl (C=S) groups is 1. The number of carbonyl (C=O) groups is 1. The number of rotatable bonds is 2. The van der Waals surface area contributed by atoms with E-state index in [0.29, 0.717) is 41.7 Å². The van der Waals surface area contributed by atoms with Gasteiger partial charge < -0.3 is 14.2 Å². The van der Waals surface area contributed by atoms with Crippen LogP contribution in [0.25, 0.3) is 0 Å². The fourth-order valence-electron chi connectivity index (χ4n) is 6.74. The average Bonchev–Trinajstić information content (AvgIpc) is 3.00. The fourth-order valence-corrected chi connectivity index (χ4v) is 8.44. The Kier molecular flexibility index (Phi) is 5.89. The second-order valence-corrected chi connectivity index (χ2v) is 12.4. The summed E-state index contributed by atoms with van der Waals surface area (Å²) >= 11 is 7.26. The van der Waals surface area contributed by atoms with Crippen LogP contribution in [0.1, 0.15) is 79.1 Å². The van der Waals surface area contributed by atoms with Gasteiger partial charge in [-0.3, -0.25) is 4.79 Å². The van der Waals surface area contributed by atoms with Gasteiger partial charge in [0.05, 0.1) is 19.8 Å². The minimum atomic E-state index is -0.621. The molecule has 0 aromatic heterocycles. The topological polar surface area (TPSA) is 44.8 Å². The molecule has 29 heavy (non-hydrogen) atoms. The summed E-state index contributed by atoms with van der Waals surface area (Å²) in [6.07, 6.45) is 7.52. The van der Waals surface area contributed by atoms with Crippen LogP contribution in [0.15, 0.2) is 0 Å². The van der Waals surface area contributed by atoms with Gasteiger partial charge in [0, 0.05) is 34.8 Å². The van der Waals surface area contributed by atoms with Gasteiger partial charge in [0.2, 0.25) is 4.38 Å². The van der Waals surface area contributed by atoms with Gasteiger partial charge in [0.1, 0.15) is 5.78 Å². The Morgan fingerprint density at radius 3 is 2.55 bits per heavy atom. The monoisotopic (exact) mass is 440 g/mol. The highest BCUT2D eigenvalue weighted by Gasteiger charge is 2.71. The molecule has 4 fully saturated rings. The normalized spacial score (nSPS) is 40.8. The Hall–Kier alpha value is -0.170. The third-order valence-electron chi connectivity index (χ3n) is 7.99. The van der Waals surface area contributed by atoms with Gasteiger partial charge in [-0.2, -0.15) is 0 Å². The number of hydrogen-bond acceptors (Lipinski definition) is 6. The summed E-state index contributed by atoms with van der Waals surface area (Å²) in [6, 6.07) is 0. The van der Waals surface area contributed by atoms with E-state index >= 15 is 0 Å². The lowest BCUT2D eigenvalue weighted by Crippen LogP contribution is -2.62. The quantitative estimate of drug-likeness (QED) is 0.527. The Morgan fingerprint density at radius 1 is 1.14 bits per heavy atom. The van der Waals surface area contributed by atoms with Crippen LogP contribution in [0, 0.1) is 22.2 Å². The molecule has 4 nitrogen and oxygen atoms in total. The van der Waals surface area contributed by atoms with E-state index in [2.05, 4.69) is 20.8 Å². The molecule has 2 bridgehead atoms. The number of ketones is 1. The first-order valence-corrected chi connectivity index (χ1v) is 12.6. The summed E-state index contributed by atoms with van der Waals surface area (Å²) in [4.78, 5) is 13.5. The van der Waals surface area contributed by atoms with E-state index in [1.807, 2.05) is 6.92 Å². The molecule has 0 radical (unpaired) electrons. The molecule has 0 amide bonds. The molecule has 0 N–H and O–H groups in total. The number of thioether (sulfide) groups is 1. The van der Waals surface area contributed by atoms with Crippen LogP contribution in [0.2, 0.25) is 0 Å². The molecule has 3 saturated carbocycles. The maximum Gasteiger partial charge on any atom is 0.220 e. The van der Waals surface area contributed by atoms with Crippen LogP contribution in [0.5, 0.6) is 0 Å². The van der Waals surface area contributed by atoms with Crippen molar-refractivity contribution in [2.24, 2.45) is 22.2 Å². The molecule has 1 saturated heterocycles. The highest BCUT2D eigenvalue weighted by Crippen LogP contribution is 2.69. The second-order valence-electron chi connectivity index (χ2n) is 10.6. The minimum Gasteiger partial charge on any atom is -0.479 e. The number of hydrogen-bond donors (Lipinski definition) is 0. The van der Waals surface area contributed by atoms with E-state index in [1.165, 1.54) is 0 Å². The van der Waals surface area contributed by atoms with Gasteiger partial charge >= 0.3 is 0 Å². The smallest absolute Gasteiger partial charge is 0.220 e. The van der Waals surface area contributed by atoms with Crippen LogP contribution in [0.3, 0.4) is 0 Å². The van der Waals surface area contributed by atoms with Crippen molar-refractivity contribution >= 4 is 34.1 Å². The summed E-state index contributed by atoms with van der Waals surface area (Å²) in [7, 11) is 0. The first kappa shape index (κ1) is 22.0. The van der Waals surface area contributed by atoms with Crippen LogP contribution >= 0.6 is 24.0 Å². The Balaban J connectivity index is 1.74. The lowest BCUT2D eigenvalue weighted by molar-refractivity contribution is -0.336. The predicted molar refractivity (Wildman–Crippen MR) is 120 cm³/mol. The van der Waals surface area contributed by atoms with Gasteiger partial charge in [0.25, 0.3) is 0 Å². The number of ether oxygens (including phenoxy) is 3. The van der Waals surface area contributed by atoms with Gasteiger partial charge in [-0.1, -0.05) is 39.0 Å². The van der Waals surface area contributed by atoms with Crippen molar-refractivity contribution in [3.8, 4) is 0 Å². The molecule has 1 spiro atoms. The molecule has 0 aromatic rings. The van der Waals surface area contributed by atoms with Crippen molar-refractivity contribution in [2.75, 3.05) is 19.8 Å². The lowest BCUT2D eigenvalue weighted by Gasteiger charge is -2.59. The lowest BCUT2D eigenvalue weighted by atomic mass is 9.51. The third-order valence-corrected chi connectivity index (χ3v) is 9.76. The molecule has 4 atom stereocenters. The standard InChI is InChI=1S/C23H36O4S2/c1-5-25-19(28)29-17-9-6-8-16(24)22-11-7-10-21(17,4)18(22)23(13-12-22)26-14-20(2,3)15-27-23/h17-18H,5-15H2,1-4H3. The first-order chi connectivity index (χ1) is 13.7. The fraction of sp³-hybridized carbons (Fsp3) is 0.913. The molecular formula is C23H36O4S2. The van der Waals surface area contributed by atoms with Gasteiger partial charge in [-0.15, -0.1) is 0 Å². The van der Waals surface area contributed by atoms with Crippen molar-refractivity contribution in [1.82, 2.24) is 0 Å². The molecule has 4 aliphatic rings. The predicted octanol–water partition coefficient (Wildman–Crippen LogP) is 5.52. The molecule has 0 aromatic carbocycles. The summed E-state index contributed by atoms with van der Waals surface area (Å²) in [6.45, 7) is 10.7. The third kappa shape index (κ3) is 3.60. The van der Waals surface area contributed by atoms with Crippen molar-refractivity contribution in [3.63, 3.8) is 0 Å². The summed E-state index contributed by atoms with van der Waals surface area (Å²) < 4.78 is 19.5. The van der Waals surface area contributed by atoms with E-state index in [0.717, 1.165) is 44.9 Å². The van der Waals surface area contributed by atoms with Crippen LogP contribution in [-0.2, 0) is 19.0 Å². The molecule has 6 heteroatoms. The van der Waals surface area contributed by atoms with E-state index in [4.69, 9.17) is 26.4 Å². The Bertz CT molecular complexity index is 668. The molecule has 4 unspecified atom stereocenters. The molecule has 4 rings (SSSR count). The van der Waals surface area contributed by atoms with Gasteiger partial charge in [0.15, 0.2) is 5.79 Å². The zero-order valence-corrected chi connectivity index (χ0v) is 20.0. The van der Waals surface area contributed by atoms with Crippen LogP contribution in [0.4, 0.5) is 0 Å². The largest absolute Gasteiger partial charge is 0.479 e. The Labute approximate surface area is 185 Å². The second kappa shape index (κ2) is 7.75. The molecule has 1 heterocycles. The zero-order valence-electron chi connectivity index (χ0n) is 18.4. The molecule has 164 valence electrons. The first-order valence-electron chi connectivity index (χ1n) is 11.3. The number of Topliss-reactive ketones (excluding diaryl/α,β-unsaturated/α-hetero) is 1. The van der Waals surface area contributed by atoms with E-state index in [1.54, 1.807) is 11.8 Å². The highest BCUT2D eigenvalue weighted by atomic mass is 32.2.